The fourth-order valence-corrected chi connectivity index (χ4v) is 4.28. The van der Waals surface area contributed by atoms with Crippen molar-refractivity contribution in [2.24, 2.45) is 0 Å². The number of thiazole rings is 1. The summed E-state index contributed by atoms with van der Waals surface area (Å²) in [6.07, 6.45) is 0. The minimum absolute atomic E-state index is 0.120. The molecule has 0 bridgehead atoms. The summed E-state index contributed by atoms with van der Waals surface area (Å²) < 4.78 is 8.38. The third-order valence-corrected chi connectivity index (χ3v) is 5.57. The molecule has 2 aromatic carbocycles. The molecule has 0 radical (unpaired) electrons. The summed E-state index contributed by atoms with van der Waals surface area (Å²) >= 11 is 2.94. The van der Waals surface area contributed by atoms with Crippen molar-refractivity contribution in [2.75, 3.05) is 18.2 Å². The number of para-hydroxylation sites is 3. The smallest absolute Gasteiger partial charge is 0.234 e. The van der Waals surface area contributed by atoms with Gasteiger partial charge in [0.15, 0.2) is 5.16 Å². The van der Waals surface area contributed by atoms with Crippen LogP contribution < -0.4 is 10.1 Å². The molecule has 2 heterocycles. The molecule has 0 saturated heterocycles. The van der Waals surface area contributed by atoms with Crippen LogP contribution in [0, 0.1) is 0 Å². The van der Waals surface area contributed by atoms with Crippen molar-refractivity contribution in [1.82, 2.24) is 14.6 Å². The molecule has 4 rings (SSSR count). The Labute approximate surface area is 151 Å². The quantitative estimate of drug-likeness (QED) is 0.543. The Kier molecular flexibility index (Phi) is 4.29. The van der Waals surface area contributed by atoms with Gasteiger partial charge in [-0.2, -0.15) is 0 Å². The number of anilines is 1. The van der Waals surface area contributed by atoms with Gasteiger partial charge in [0.25, 0.3) is 0 Å². The summed E-state index contributed by atoms with van der Waals surface area (Å²) in [5, 5.41) is 12.0. The predicted molar refractivity (Wildman–Crippen MR) is 101 cm³/mol. The van der Waals surface area contributed by atoms with E-state index >= 15 is 0 Å². The van der Waals surface area contributed by atoms with E-state index in [0.29, 0.717) is 16.6 Å². The van der Waals surface area contributed by atoms with E-state index in [4.69, 9.17) is 4.74 Å². The number of nitrogens with one attached hydrogen (secondary N) is 1. The van der Waals surface area contributed by atoms with Gasteiger partial charge in [-0.3, -0.25) is 9.20 Å². The number of thioether (sulfide) groups is 1. The Balaban J connectivity index is 1.51. The maximum absolute atomic E-state index is 12.3. The molecule has 126 valence electrons. The van der Waals surface area contributed by atoms with Crippen molar-refractivity contribution in [3.05, 3.63) is 48.5 Å². The number of hydrogen-bond acceptors (Lipinski definition) is 6. The number of hydrogen-bond donors (Lipinski definition) is 1. The van der Waals surface area contributed by atoms with Crippen molar-refractivity contribution in [1.29, 1.82) is 0 Å². The van der Waals surface area contributed by atoms with Gasteiger partial charge in [-0.15, -0.1) is 10.2 Å². The lowest BCUT2D eigenvalue weighted by atomic mass is 10.3. The summed E-state index contributed by atoms with van der Waals surface area (Å²) in [5.74, 6) is 0.753. The molecule has 1 amide bonds. The van der Waals surface area contributed by atoms with Crippen LogP contribution in [0.4, 0.5) is 5.69 Å². The lowest BCUT2D eigenvalue weighted by Crippen LogP contribution is -2.14. The minimum Gasteiger partial charge on any atom is -0.495 e. The molecule has 0 spiro atoms. The van der Waals surface area contributed by atoms with Crippen LogP contribution in [0.3, 0.4) is 0 Å². The third kappa shape index (κ3) is 3.06. The SMILES string of the molecule is COc1ccccc1NC(=O)CSc1nnc2sc3ccccc3n12. The molecule has 2 aromatic heterocycles. The van der Waals surface area contributed by atoms with Crippen molar-refractivity contribution in [2.45, 2.75) is 5.16 Å². The van der Waals surface area contributed by atoms with Crippen LogP contribution in [0.5, 0.6) is 5.75 Å². The zero-order valence-electron chi connectivity index (χ0n) is 13.3. The maximum Gasteiger partial charge on any atom is 0.234 e. The third-order valence-electron chi connectivity index (χ3n) is 3.62. The molecule has 0 fully saturated rings. The fraction of sp³-hybridized carbons (Fsp3) is 0.118. The molecule has 0 atom stereocenters. The Hall–Kier alpha value is -2.58. The highest BCUT2D eigenvalue weighted by Crippen LogP contribution is 2.29. The van der Waals surface area contributed by atoms with Crippen LogP contribution in [-0.4, -0.2) is 33.4 Å². The second-order valence-electron chi connectivity index (χ2n) is 5.21. The largest absolute Gasteiger partial charge is 0.495 e. The van der Waals surface area contributed by atoms with E-state index in [1.165, 1.54) is 11.8 Å². The van der Waals surface area contributed by atoms with E-state index in [9.17, 15) is 4.79 Å². The molecule has 25 heavy (non-hydrogen) atoms. The van der Waals surface area contributed by atoms with Gasteiger partial charge in [-0.25, -0.2) is 0 Å². The van der Waals surface area contributed by atoms with Crippen molar-refractivity contribution in [3.63, 3.8) is 0 Å². The van der Waals surface area contributed by atoms with Crippen LogP contribution in [-0.2, 0) is 4.79 Å². The van der Waals surface area contributed by atoms with Crippen LogP contribution in [0.2, 0.25) is 0 Å². The highest BCUT2D eigenvalue weighted by Gasteiger charge is 2.14. The lowest BCUT2D eigenvalue weighted by molar-refractivity contribution is -0.113. The molecule has 0 unspecified atom stereocenters. The molecular weight excluding hydrogens is 356 g/mol. The Morgan fingerprint density at radius 2 is 2.00 bits per heavy atom. The molecule has 8 heteroatoms. The average Bonchev–Trinajstić information content (AvgIpc) is 3.19. The van der Waals surface area contributed by atoms with Crippen molar-refractivity contribution < 1.29 is 9.53 Å². The Bertz CT molecular complexity index is 1060. The molecule has 1 N–H and O–H groups in total. The zero-order valence-corrected chi connectivity index (χ0v) is 14.9. The highest BCUT2D eigenvalue weighted by atomic mass is 32.2. The van der Waals surface area contributed by atoms with E-state index in [1.807, 2.05) is 46.9 Å². The van der Waals surface area contributed by atoms with Crippen LogP contribution in [0.15, 0.2) is 53.7 Å². The first kappa shape index (κ1) is 15.9. The van der Waals surface area contributed by atoms with Gasteiger partial charge in [-0.1, -0.05) is 47.4 Å². The van der Waals surface area contributed by atoms with Crippen molar-refractivity contribution in [3.8, 4) is 5.75 Å². The predicted octanol–water partition coefficient (Wildman–Crippen LogP) is 3.68. The van der Waals surface area contributed by atoms with Gasteiger partial charge in [0.1, 0.15) is 5.75 Å². The molecule has 0 aliphatic heterocycles. The lowest BCUT2D eigenvalue weighted by Gasteiger charge is -2.09. The number of carbonyl (C=O) groups excluding carboxylic acids is 1. The monoisotopic (exact) mass is 370 g/mol. The number of methoxy groups -OCH3 is 1. The first-order valence-corrected chi connectivity index (χ1v) is 9.35. The number of benzene rings is 2. The summed E-state index contributed by atoms with van der Waals surface area (Å²) in [4.78, 5) is 13.1. The molecule has 4 aromatic rings. The van der Waals surface area contributed by atoms with Crippen molar-refractivity contribution >= 4 is 49.9 Å². The van der Waals surface area contributed by atoms with Gasteiger partial charge in [-0.05, 0) is 24.3 Å². The second-order valence-corrected chi connectivity index (χ2v) is 7.16. The van der Waals surface area contributed by atoms with E-state index in [2.05, 4.69) is 21.6 Å². The van der Waals surface area contributed by atoms with Gasteiger partial charge in [0.2, 0.25) is 10.9 Å². The van der Waals surface area contributed by atoms with E-state index < -0.39 is 0 Å². The first-order valence-electron chi connectivity index (χ1n) is 7.54. The van der Waals surface area contributed by atoms with Crippen LogP contribution >= 0.6 is 23.1 Å². The van der Waals surface area contributed by atoms with E-state index in [0.717, 1.165) is 15.2 Å². The number of carbonyl (C=O) groups is 1. The molecule has 6 nitrogen and oxygen atoms in total. The summed E-state index contributed by atoms with van der Waals surface area (Å²) in [5.41, 5.74) is 1.71. The standard InChI is InChI=1S/C17H14N4O2S2/c1-23-13-8-4-2-6-11(13)18-15(22)10-24-16-19-20-17-21(16)12-7-3-5-9-14(12)25-17/h2-9H,10H2,1H3,(H,18,22). The average molecular weight is 370 g/mol. The molecule has 0 saturated carbocycles. The number of amides is 1. The Morgan fingerprint density at radius 1 is 1.20 bits per heavy atom. The van der Waals surface area contributed by atoms with Gasteiger partial charge < -0.3 is 10.1 Å². The first-order chi connectivity index (χ1) is 12.3. The summed E-state index contributed by atoms with van der Waals surface area (Å²) in [6, 6.07) is 15.4. The van der Waals surface area contributed by atoms with E-state index in [1.54, 1.807) is 18.4 Å². The van der Waals surface area contributed by atoms with Gasteiger partial charge >= 0.3 is 0 Å². The number of nitrogens with zero attached hydrogens (tertiary/aromatic N) is 3. The Morgan fingerprint density at radius 3 is 2.88 bits per heavy atom. The van der Waals surface area contributed by atoms with Crippen LogP contribution in [0.25, 0.3) is 15.2 Å². The maximum atomic E-state index is 12.3. The van der Waals surface area contributed by atoms with Gasteiger partial charge in [0, 0.05) is 0 Å². The number of aromatic nitrogens is 3. The minimum atomic E-state index is -0.120. The van der Waals surface area contributed by atoms with Crippen LogP contribution in [0.1, 0.15) is 0 Å². The number of ether oxygens (including phenoxy) is 1. The number of rotatable bonds is 5. The number of fused-ring (bicyclic) bond motifs is 3. The molecule has 0 aliphatic carbocycles. The van der Waals surface area contributed by atoms with Gasteiger partial charge in [0.05, 0.1) is 28.8 Å². The molecular formula is C17H14N4O2S2. The molecule has 0 aliphatic rings. The normalized spacial score (nSPS) is 11.1. The fourth-order valence-electron chi connectivity index (χ4n) is 2.51. The van der Waals surface area contributed by atoms with E-state index in [-0.39, 0.29) is 11.7 Å². The highest BCUT2D eigenvalue weighted by molar-refractivity contribution is 7.99. The topological polar surface area (TPSA) is 68.5 Å². The second kappa shape index (κ2) is 6.73. The summed E-state index contributed by atoms with van der Waals surface area (Å²) in [6.45, 7) is 0. The zero-order chi connectivity index (χ0) is 17.2. The summed E-state index contributed by atoms with van der Waals surface area (Å²) in [7, 11) is 1.58.